The quantitative estimate of drug-likeness (QED) is 0.831. The minimum atomic E-state index is 0.0692. The van der Waals surface area contributed by atoms with Crippen molar-refractivity contribution in [2.24, 2.45) is 0 Å². The van der Waals surface area contributed by atoms with Gasteiger partial charge in [0.2, 0.25) is 5.91 Å². The molecule has 1 amide bonds. The number of piperidine rings is 1. The van der Waals surface area contributed by atoms with Gasteiger partial charge >= 0.3 is 0 Å². The maximum absolute atomic E-state index is 12.0. The number of hydrogen-bond donors (Lipinski definition) is 2. The fourth-order valence-electron chi connectivity index (χ4n) is 2.94. The van der Waals surface area contributed by atoms with Crippen LogP contribution in [0.4, 0.5) is 11.4 Å². The third-order valence-electron chi connectivity index (χ3n) is 4.17. The molecule has 1 heterocycles. The highest BCUT2D eigenvalue weighted by atomic mass is 16.1. The Labute approximate surface area is 121 Å². The zero-order valence-corrected chi connectivity index (χ0v) is 12.4. The Morgan fingerprint density at radius 2 is 1.85 bits per heavy atom. The minimum Gasteiger partial charge on any atom is -0.399 e. The summed E-state index contributed by atoms with van der Waals surface area (Å²) in [5, 5.41) is 2.92. The highest BCUT2D eigenvalue weighted by Crippen LogP contribution is 2.22. The molecule has 110 valence electrons. The van der Waals surface area contributed by atoms with Gasteiger partial charge in [0, 0.05) is 36.4 Å². The molecular weight excluding hydrogens is 250 g/mol. The van der Waals surface area contributed by atoms with Crippen LogP contribution >= 0.6 is 0 Å². The third-order valence-corrected chi connectivity index (χ3v) is 4.17. The first-order chi connectivity index (χ1) is 9.56. The second kappa shape index (κ2) is 6.75. The SMILES string of the molecule is CC1CCCC(C)N1CCC(=O)Nc1ccc(N)cc1. The minimum absolute atomic E-state index is 0.0692. The summed E-state index contributed by atoms with van der Waals surface area (Å²) in [6.45, 7) is 5.35. The van der Waals surface area contributed by atoms with Crippen LogP contribution < -0.4 is 11.1 Å². The van der Waals surface area contributed by atoms with Crippen molar-refractivity contribution in [2.75, 3.05) is 17.6 Å². The maximum atomic E-state index is 12.0. The number of carbonyl (C=O) groups excluding carboxylic acids is 1. The van der Waals surface area contributed by atoms with Crippen LogP contribution in [0.25, 0.3) is 0 Å². The van der Waals surface area contributed by atoms with E-state index in [4.69, 9.17) is 5.73 Å². The van der Waals surface area contributed by atoms with Crippen LogP contribution in [0.1, 0.15) is 39.5 Å². The monoisotopic (exact) mass is 275 g/mol. The van der Waals surface area contributed by atoms with E-state index in [2.05, 4.69) is 24.1 Å². The molecule has 1 aromatic rings. The third kappa shape index (κ3) is 3.97. The first-order valence-corrected chi connectivity index (χ1v) is 7.47. The smallest absolute Gasteiger partial charge is 0.225 e. The number of anilines is 2. The highest BCUT2D eigenvalue weighted by Gasteiger charge is 2.24. The molecule has 0 radical (unpaired) electrons. The number of nitrogens with one attached hydrogen (secondary N) is 1. The maximum Gasteiger partial charge on any atom is 0.225 e. The molecule has 1 aliphatic heterocycles. The van der Waals surface area contributed by atoms with Gasteiger partial charge in [0.1, 0.15) is 0 Å². The standard InChI is InChI=1S/C16H25N3O/c1-12-4-3-5-13(2)19(12)11-10-16(20)18-15-8-6-14(17)7-9-15/h6-9,12-13H,3-5,10-11,17H2,1-2H3,(H,18,20). The Morgan fingerprint density at radius 3 is 2.45 bits per heavy atom. The summed E-state index contributed by atoms with van der Waals surface area (Å²) in [4.78, 5) is 14.4. The summed E-state index contributed by atoms with van der Waals surface area (Å²) in [5.74, 6) is 0.0692. The molecule has 4 nitrogen and oxygen atoms in total. The van der Waals surface area contributed by atoms with Crippen LogP contribution in [0, 0.1) is 0 Å². The lowest BCUT2D eigenvalue weighted by Gasteiger charge is -2.38. The largest absolute Gasteiger partial charge is 0.399 e. The van der Waals surface area contributed by atoms with Crippen molar-refractivity contribution in [3.05, 3.63) is 24.3 Å². The molecule has 4 heteroatoms. The van der Waals surface area contributed by atoms with Crippen molar-refractivity contribution >= 4 is 17.3 Å². The van der Waals surface area contributed by atoms with E-state index in [-0.39, 0.29) is 5.91 Å². The summed E-state index contributed by atoms with van der Waals surface area (Å²) in [6, 6.07) is 8.43. The van der Waals surface area contributed by atoms with Crippen LogP contribution in [0.15, 0.2) is 24.3 Å². The van der Waals surface area contributed by atoms with Gasteiger partial charge in [-0.25, -0.2) is 0 Å². The molecule has 0 saturated carbocycles. The lowest BCUT2D eigenvalue weighted by molar-refractivity contribution is -0.116. The second-order valence-electron chi connectivity index (χ2n) is 5.79. The molecule has 0 aliphatic carbocycles. The van der Waals surface area contributed by atoms with Crippen LogP contribution in [-0.4, -0.2) is 29.4 Å². The van der Waals surface area contributed by atoms with Crippen molar-refractivity contribution in [2.45, 2.75) is 51.6 Å². The Hall–Kier alpha value is -1.55. The molecular formula is C16H25N3O. The molecule has 1 aromatic carbocycles. The summed E-state index contributed by atoms with van der Waals surface area (Å²) < 4.78 is 0. The molecule has 2 atom stereocenters. The Balaban J connectivity index is 1.81. The summed E-state index contributed by atoms with van der Waals surface area (Å²) in [7, 11) is 0. The van der Waals surface area contributed by atoms with Crippen LogP contribution in [0.2, 0.25) is 0 Å². The van der Waals surface area contributed by atoms with Gasteiger partial charge < -0.3 is 11.1 Å². The molecule has 20 heavy (non-hydrogen) atoms. The number of nitrogens with zero attached hydrogens (tertiary/aromatic N) is 1. The van der Waals surface area contributed by atoms with Gasteiger partial charge in [-0.1, -0.05) is 6.42 Å². The number of nitrogens with two attached hydrogens (primary N) is 1. The number of benzene rings is 1. The topological polar surface area (TPSA) is 58.4 Å². The molecule has 1 aliphatic rings. The summed E-state index contributed by atoms with van der Waals surface area (Å²) in [6.07, 6.45) is 4.32. The predicted octanol–water partition coefficient (Wildman–Crippen LogP) is 2.86. The van der Waals surface area contributed by atoms with Crippen molar-refractivity contribution in [3.8, 4) is 0 Å². The van der Waals surface area contributed by atoms with E-state index in [1.54, 1.807) is 12.1 Å². The first kappa shape index (κ1) is 14.9. The van der Waals surface area contributed by atoms with Gasteiger partial charge in [-0.2, -0.15) is 0 Å². The van der Waals surface area contributed by atoms with E-state index in [1.807, 2.05) is 12.1 Å². The zero-order valence-electron chi connectivity index (χ0n) is 12.4. The van der Waals surface area contributed by atoms with Gasteiger partial charge in [-0.05, 0) is 51.0 Å². The summed E-state index contributed by atoms with van der Waals surface area (Å²) in [5.41, 5.74) is 7.14. The number of carbonyl (C=O) groups is 1. The second-order valence-corrected chi connectivity index (χ2v) is 5.79. The van der Waals surface area contributed by atoms with Crippen molar-refractivity contribution in [3.63, 3.8) is 0 Å². The van der Waals surface area contributed by atoms with Crippen molar-refractivity contribution in [1.29, 1.82) is 0 Å². The van der Waals surface area contributed by atoms with Gasteiger partial charge in [-0.15, -0.1) is 0 Å². The van der Waals surface area contributed by atoms with Crippen LogP contribution in [0.3, 0.4) is 0 Å². The lowest BCUT2D eigenvalue weighted by Crippen LogP contribution is -2.44. The summed E-state index contributed by atoms with van der Waals surface area (Å²) >= 11 is 0. The van der Waals surface area contributed by atoms with Crippen molar-refractivity contribution < 1.29 is 4.79 Å². The zero-order chi connectivity index (χ0) is 14.5. The number of likely N-dealkylation sites (tertiary alicyclic amines) is 1. The van der Waals surface area contributed by atoms with E-state index in [1.165, 1.54) is 19.3 Å². The molecule has 0 aromatic heterocycles. The average molecular weight is 275 g/mol. The van der Waals surface area contributed by atoms with Gasteiger partial charge in [-0.3, -0.25) is 9.69 Å². The lowest BCUT2D eigenvalue weighted by atomic mass is 9.97. The molecule has 1 saturated heterocycles. The average Bonchev–Trinajstić information content (AvgIpc) is 2.41. The molecule has 0 bridgehead atoms. The normalized spacial score (nSPS) is 23.5. The Morgan fingerprint density at radius 1 is 1.25 bits per heavy atom. The molecule has 2 unspecified atom stereocenters. The molecule has 2 rings (SSSR count). The number of nitrogen functional groups attached to an aromatic ring is 1. The van der Waals surface area contributed by atoms with Gasteiger partial charge in [0.25, 0.3) is 0 Å². The molecule has 3 N–H and O–H groups in total. The Bertz CT molecular complexity index is 434. The van der Waals surface area contributed by atoms with E-state index in [0.717, 1.165) is 12.2 Å². The Kier molecular flexibility index (Phi) is 5.01. The van der Waals surface area contributed by atoms with E-state index in [0.29, 0.717) is 24.2 Å². The van der Waals surface area contributed by atoms with Gasteiger partial charge in [0.15, 0.2) is 0 Å². The number of rotatable bonds is 4. The van der Waals surface area contributed by atoms with E-state index < -0.39 is 0 Å². The fourth-order valence-corrected chi connectivity index (χ4v) is 2.94. The van der Waals surface area contributed by atoms with E-state index >= 15 is 0 Å². The fraction of sp³-hybridized carbons (Fsp3) is 0.562. The highest BCUT2D eigenvalue weighted by molar-refractivity contribution is 5.90. The number of amides is 1. The molecule has 1 fully saturated rings. The van der Waals surface area contributed by atoms with Gasteiger partial charge in [0.05, 0.1) is 0 Å². The van der Waals surface area contributed by atoms with E-state index in [9.17, 15) is 4.79 Å². The predicted molar refractivity (Wildman–Crippen MR) is 83.6 cm³/mol. The van der Waals surface area contributed by atoms with Crippen molar-refractivity contribution in [1.82, 2.24) is 4.90 Å². The van der Waals surface area contributed by atoms with Crippen LogP contribution in [0.5, 0.6) is 0 Å². The van der Waals surface area contributed by atoms with Crippen LogP contribution in [-0.2, 0) is 4.79 Å². The first-order valence-electron chi connectivity index (χ1n) is 7.47. The molecule has 0 spiro atoms. The number of hydrogen-bond acceptors (Lipinski definition) is 3.